The Morgan fingerprint density at radius 3 is 2.17 bits per heavy atom. The standard InChI is InChI=1S/C10H24OSi/c1-5-7-8-9-11-12(3,4)10-6-2/h5-10H2,1-4H3. The van der Waals surface area contributed by atoms with Gasteiger partial charge >= 0.3 is 0 Å². The van der Waals surface area contributed by atoms with Crippen molar-refractivity contribution < 1.29 is 4.43 Å². The molecule has 0 aromatic carbocycles. The fraction of sp³-hybridized carbons (Fsp3) is 1.00. The minimum atomic E-state index is -1.25. The highest BCUT2D eigenvalue weighted by atomic mass is 28.4. The van der Waals surface area contributed by atoms with Crippen LogP contribution in [0.1, 0.15) is 39.5 Å². The molecule has 0 saturated carbocycles. The minimum absolute atomic E-state index is 0.993. The molecule has 0 bridgehead atoms. The summed E-state index contributed by atoms with van der Waals surface area (Å²) in [5.41, 5.74) is 0. The van der Waals surface area contributed by atoms with Crippen LogP contribution in [0.2, 0.25) is 19.1 Å². The summed E-state index contributed by atoms with van der Waals surface area (Å²) in [6.07, 6.45) is 5.12. The van der Waals surface area contributed by atoms with Crippen molar-refractivity contribution >= 4 is 8.32 Å². The third kappa shape index (κ3) is 6.86. The Balaban J connectivity index is 3.33. The smallest absolute Gasteiger partial charge is 0.186 e. The number of rotatable bonds is 7. The second kappa shape index (κ2) is 6.67. The molecule has 2 heteroatoms. The second-order valence-corrected chi connectivity index (χ2v) is 8.37. The third-order valence-corrected chi connectivity index (χ3v) is 4.78. The first kappa shape index (κ1) is 12.2. The van der Waals surface area contributed by atoms with E-state index in [4.69, 9.17) is 4.43 Å². The number of unbranched alkanes of at least 4 members (excludes halogenated alkanes) is 2. The molecule has 1 nitrogen and oxygen atoms in total. The molecule has 0 fully saturated rings. The van der Waals surface area contributed by atoms with Crippen molar-refractivity contribution in [1.29, 1.82) is 0 Å². The van der Waals surface area contributed by atoms with Gasteiger partial charge in [0.15, 0.2) is 8.32 Å². The molecule has 0 aliphatic heterocycles. The Hall–Kier alpha value is 0.177. The SMILES string of the molecule is CCCCCO[Si](C)(C)CCC. The quantitative estimate of drug-likeness (QED) is 0.436. The van der Waals surface area contributed by atoms with Crippen LogP contribution in [-0.4, -0.2) is 14.9 Å². The van der Waals surface area contributed by atoms with Gasteiger partial charge in [-0.25, -0.2) is 0 Å². The van der Waals surface area contributed by atoms with Gasteiger partial charge in [-0.1, -0.05) is 33.1 Å². The van der Waals surface area contributed by atoms with Gasteiger partial charge in [-0.3, -0.25) is 0 Å². The molecule has 0 aliphatic carbocycles. The first-order chi connectivity index (χ1) is 5.62. The molecule has 0 radical (unpaired) electrons. The summed E-state index contributed by atoms with van der Waals surface area (Å²) < 4.78 is 5.91. The van der Waals surface area contributed by atoms with Crippen molar-refractivity contribution in [1.82, 2.24) is 0 Å². The maximum Gasteiger partial charge on any atom is 0.186 e. The average molecular weight is 188 g/mol. The molecule has 0 N–H and O–H groups in total. The summed E-state index contributed by atoms with van der Waals surface area (Å²) in [5.74, 6) is 0. The van der Waals surface area contributed by atoms with Gasteiger partial charge in [0, 0.05) is 6.61 Å². The lowest BCUT2D eigenvalue weighted by Gasteiger charge is -2.21. The van der Waals surface area contributed by atoms with E-state index in [1.807, 2.05) is 0 Å². The van der Waals surface area contributed by atoms with Crippen LogP contribution in [0.5, 0.6) is 0 Å². The maximum absolute atomic E-state index is 5.91. The molecule has 74 valence electrons. The van der Waals surface area contributed by atoms with Crippen molar-refractivity contribution in [3.05, 3.63) is 0 Å². The molecule has 0 rings (SSSR count). The number of hydrogen-bond donors (Lipinski definition) is 0. The molecule has 0 heterocycles. The van der Waals surface area contributed by atoms with Crippen LogP contribution in [-0.2, 0) is 4.43 Å². The fourth-order valence-corrected chi connectivity index (χ4v) is 3.42. The van der Waals surface area contributed by atoms with Gasteiger partial charge in [0.25, 0.3) is 0 Å². The normalized spacial score (nSPS) is 12.0. The van der Waals surface area contributed by atoms with Crippen LogP contribution in [0.4, 0.5) is 0 Å². The van der Waals surface area contributed by atoms with Gasteiger partial charge in [-0.15, -0.1) is 0 Å². The predicted molar refractivity (Wildman–Crippen MR) is 58.1 cm³/mol. The summed E-state index contributed by atoms with van der Waals surface area (Å²) >= 11 is 0. The lowest BCUT2D eigenvalue weighted by Crippen LogP contribution is -2.30. The van der Waals surface area contributed by atoms with Crippen LogP contribution in [0.25, 0.3) is 0 Å². The Bertz CT molecular complexity index is 102. The topological polar surface area (TPSA) is 9.23 Å². The number of hydrogen-bond acceptors (Lipinski definition) is 1. The zero-order valence-electron chi connectivity index (χ0n) is 9.15. The van der Waals surface area contributed by atoms with Gasteiger partial charge in [-0.2, -0.15) is 0 Å². The molecule has 0 amide bonds. The van der Waals surface area contributed by atoms with E-state index in [-0.39, 0.29) is 0 Å². The first-order valence-electron chi connectivity index (χ1n) is 5.26. The Morgan fingerprint density at radius 1 is 1.00 bits per heavy atom. The molecular weight excluding hydrogens is 164 g/mol. The molecular formula is C10H24OSi. The fourth-order valence-electron chi connectivity index (χ4n) is 1.37. The summed E-state index contributed by atoms with van der Waals surface area (Å²) in [7, 11) is -1.25. The van der Waals surface area contributed by atoms with E-state index in [0.717, 1.165) is 6.61 Å². The monoisotopic (exact) mass is 188 g/mol. The van der Waals surface area contributed by atoms with Crippen molar-refractivity contribution in [3.63, 3.8) is 0 Å². The maximum atomic E-state index is 5.91. The predicted octanol–water partition coefficient (Wildman–Crippen LogP) is 3.81. The van der Waals surface area contributed by atoms with Crippen LogP contribution in [0.3, 0.4) is 0 Å². The Kier molecular flexibility index (Phi) is 6.77. The van der Waals surface area contributed by atoms with E-state index >= 15 is 0 Å². The van der Waals surface area contributed by atoms with Crippen LogP contribution >= 0.6 is 0 Å². The van der Waals surface area contributed by atoms with E-state index in [1.165, 1.54) is 31.7 Å². The zero-order valence-corrected chi connectivity index (χ0v) is 10.2. The van der Waals surface area contributed by atoms with Crippen molar-refractivity contribution in [2.24, 2.45) is 0 Å². The van der Waals surface area contributed by atoms with Gasteiger partial charge in [0.2, 0.25) is 0 Å². The van der Waals surface area contributed by atoms with E-state index in [1.54, 1.807) is 0 Å². The highest BCUT2D eigenvalue weighted by Crippen LogP contribution is 2.13. The summed E-state index contributed by atoms with van der Waals surface area (Å²) in [6.45, 7) is 10.1. The summed E-state index contributed by atoms with van der Waals surface area (Å²) in [5, 5.41) is 0. The first-order valence-corrected chi connectivity index (χ1v) is 8.38. The van der Waals surface area contributed by atoms with Crippen LogP contribution in [0.15, 0.2) is 0 Å². The van der Waals surface area contributed by atoms with Crippen molar-refractivity contribution in [3.8, 4) is 0 Å². The van der Waals surface area contributed by atoms with Gasteiger partial charge in [0.1, 0.15) is 0 Å². The molecule has 0 aliphatic rings. The molecule has 12 heavy (non-hydrogen) atoms. The second-order valence-electron chi connectivity index (χ2n) is 4.07. The Labute approximate surface area is 78.6 Å². The summed E-state index contributed by atoms with van der Waals surface area (Å²) in [6, 6.07) is 1.30. The molecule has 0 spiro atoms. The Morgan fingerprint density at radius 2 is 1.67 bits per heavy atom. The average Bonchev–Trinajstić information content (AvgIpc) is 1.98. The zero-order chi connectivity index (χ0) is 9.45. The van der Waals surface area contributed by atoms with Crippen LogP contribution < -0.4 is 0 Å². The molecule has 0 aromatic rings. The van der Waals surface area contributed by atoms with E-state index in [9.17, 15) is 0 Å². The lowest BCUT2D eigenvalue weighted by atomic mass is 10.3. The van der Waals surface area contributed by atoms with Gasteiger partial charge < -0.3 is 4.43 Å². The molecule has 0 aromatic heterocycles. The summed E-state index contributed by atoms with van der Waals surface area (Å²) in [4.78, 5) is 0. The van der Waals surface area contributed by atoms with Crippen molar-refractivity contribution in [2.45, 2.75) is 58.7 Å². The largest absolute Gasteiger partial charge is 0.417 e. The lowest BCUT2D eigenvalue weighted by molar-refractivity contribution is 0.295. The van der Waals surface area contributed by atoms with E-state index in [2.05, 4.69) is 26.9 Å². The molecule has 0 saturated heterocycles. The third-order valence-electron chi connectivity index (χ3n) is 2.09. The van der Waals surface area contributed by atoms with Gasteiger partial charge in [0.05, 0.1) is 0 Å². The molecule has 0 atom stereocenters. The van der Waals surface area contributed by atoms with Gasteiger partial charge in [-0.05, 0) is 25.6 Å². The molecule has 0 unspecified atom stereocenters. The van der Waals surface area contributed by atoms with E-state index in [0.29, 0.717) is 0 Å². The highest BCUT2D eigenvalue weighted by molar-refractivity contribution is 6.71. The minimum Gasteiger partial charge on any atom is -0.417 e. The van der Waals surface area contributed by atoms with E-state index < -0.39 is 8.32 Å². The van der Waals surface area contributed by atoms with Crippen molar-refractivity contribution in [2.75, 3.05) is 6.61 Å². The van der Waals surface area contributed by atoms with Crippen LogP contribution in [0, 0.1) is 0 Å². The highest BCUT2D eigenvalue weighted by Gasteiger charge is 2.19.